The summed E-state index contributed by atoms with van der Waals surface area (Å²) in [5, 5.41) is 3.85. The summed E-state index contributed by atoms with van der Waals surface area (Å²) in [6.07, 6.45) is 5.32. The molecule has 1 N–H and O–H groups in total. The van der Waals surface area contributed by atoms with Crippen LogP contribution in [0.25, 0.3) is 10.3 Å². The monoisotopic (exact) mass is 339 g/mol. The Morgan fingerprint density at radius 1 is 1.21 bits per heavy atom. The summed E-state index contributed by atoms with van der Waals surface area (Å²) in [5.74, 6) is 0.571. The van der Waals surface area contributed by atoms with Crippen LogP contribution in [0.4, 0.5) is 10.9 Å². The lowest BCUT2D eigenvalue weighted by Crippen LogP contribution is -2.40. The quantitative estimate of drug-likeness (QED) is 0.794. The molecule has 6 nitrogen and oxygen atoms in total. The SMILES string of the molecule is O=C(Nc1ccccn1)C1CCCN(c2nc3cccnc3s2)C1. The molecule has 1 saturated heterocycles. The molecule has 24 heavy (non-hydrogen) atoms. The van der Waals surface area contributed by atoms with Crippen LogP contribution in [0.1, 0.15) is 12.8 Å². The van der Waals surface area contributed by atoms with E-state index in [4.69, 9.17) is 0 Å². The molecule has 1 aliphatic rings. The summed E-state index contributed by atoms with van der Waals surface area (Å²) < 4.78 is 0. The van der Waals surface area contributed by atoms with E-state index in [0.29, 0.717) is 12.4 Å². The molecule has 7 heteroatoms. The molecule has 122 valence electrons. The first-order chi connectivity index (χ1) is 11.8. The highest BCUT2D eigenvalue weighted by molar-refractivity contribution is 7.21. The van der Waals surface area contributed by atoms with Gasteiger partial charge in [0.05, 0.1) is 5.92 Å². The molecule has 1 fully saturated rings. The van der Waals surface area contributed by atoms with Crippen LogP contribution in [0.2, 0.25) is 0 Å². The van der Waals surface area contributed by atoms with E-state index in [-0.39, 0.29) is 11.8 Å². The lowest BCUT2D eigenvalue weighted by Gasteiger charge is -2.31. The van der Waals surface area contributed by atoms with Gasteiger partial charge >= 0.3 is 0 Å². The fourth-order valence-corrected chi connectivity index (χ4v) is 3.87. The van der Waals surface area contributed by atoms with E-state index in [1.54, 1.807) is 29.8 Å². The van der Waals surface area contributed by atoms with Gasteiger partial charge in [-0.15, -0.1) is 0 Å². The summed E-state index contributed by atoms with van der Waals surface area (Å²) in [6.45, 7) is 1.60. The average Bonchev–Trinajstić information content (AvgIpc) is 3.07. The van der Waals surface area contributed by atoms with Crippen molar-refractivity contribution in [3.8, 4) is 0 Å². The van der Waals surface area contributed by atoms with E-state index in [1.165, 1.54) is 0 Å². The highest BCUT2D eigenvalue weighted by Gasteiger charge is 2.27. The smallest absolute Gasteiger partial charge is 0.230 e. The normalized spacial score (nSPS) is 17.8. The molecule has 0 bridgehead atoms. The highest BCUT2D eigenvalue weighted by atomic mass is 32.1. The van der Waals surface area contributed by atoms with Crippen LogP contribution in [0, 0.1) is 5.92 Å². The van der Waals surface area contributed by atoms with Crippen molar-refractivity contribution in [3.05, 3.63) is 42.7 Å². The van der Waals surface area contributed by atoms with Crippen molar-refractivity contribution >= 4 is 38.5 Å². The zero-order valence-electron chi connectivity index (χ0n) is 13.1. The average molecular weight is 339 g/mol. The van der Waals surface area contributed by atoms with Gasteiger partial charge in [0.1, 0.15) is 16.2 Å². The number of carbonyl (C=O) groups is 1. The number of fused-ring (bicyclic) bond motifs is 1. The second kappa shape index (κ2) is 6.52. The van der Waals surface area contributed by atoms with Gasteiger partial charge in [-0.1, -0.05) is 17.4 Å². The maximum Gasteiger partial charge on any atom is 0.230 e. The van der Waals surface area contributed by atoms with E-state index in [2.05, 4.69) is 25.2 Å². The van der Waals surface area contributed by atoms with E-state index >= 15 is 0 Å². The second-order valence-electron chi connectivity index (χ2n) is 5.81. The first-order valence-corrected chi connectivity index (χ1v) is 8.79. The molecule has 1 amide bonds. The lowest BCUT2D eigenvalue weighted by atomic mass is 9.97. The predicted molar refractivity (Wildman–Crippen MR) is 95.2 cm³/mol. The molecular formula is C17H17N5OS. The summed E-state index contributed by atoms with van der Waals surface area (Å²) in [4.78, 5) is 28.8. The Labute approximate surface area is 143 Å². The standard InChI is InChI=1S/C17H17N5OS/c23-15(21-14-7-1-2-8-18-14)12-5-4-10-22(11-12)17-20-13-6-3-9-19-16(13)24-17/h1-3,6-9,12H,4-5,10-11H2,(H,18,21,23). The number of piperidine rings is 1. The number of anilines is 2. The number of amides is 1. The summed E-state index contributed by atoms with van der Waals surface area (Å²) in [6, 6.07) is 9.36. The third kappa shape index (κ3) is 3.07. The van der Waals surface area contributed by atoms with Crippen LogP contribution in [0.3, 0.4) is 0 Å². The van der Waals surface area contributed by atoms with Crippen molar-refractivity contribution in [2.75, 3.05) is 23.3 Å². The van der Waals surface area contributed by atoms with Gasteiger partial charge < -0.3 is 10.2 Å². The summed E-state index contributed by atoms with van der Waals surface area (Å²) in [7, 11) is 0. The molecule has 0 aliphatic carbocycles. The number of hydrogen-bond donors (Lipinski definition) is 1. The number of nitrogens with zero attached hydrogens (tertiary/aromatic N) is 4. The number of carbonyl (C=O) groups excluding carboxylic acids is 1. The molecule has 0 radical (unpaired) electrons. The Kier molecular flexibility index (Phi) is 4.08. The largest absolute Gasteiger partial charge is 0.347 e. The zero-order valence-corrected chi connectivity index (χ0v) is 13.9. The first kappa shape index (κ1) is 15.0. The Morgan fingerprint density at radius 3 is 2.96 bits per heavy atom. The van der Waals surface area contributed by atoms with Gasteiger partial charge in [-0.3, -0.25) is 4.79 Å². The molecule has 3 aromatic heterocycles. The van der Waals surface area contributed by atoms with Gasteiger partial charge in [0, 0.05) is 25.5 Å². The number of pyridine rings is 2. The van der Waals surface area contributed by atoms with Crippen molar-refractivity contribution < 1.29 is 4.79 Å². The number of nitrogens with one attached hydrogen (secondary N) is 1. The van der Waals surface area contributed by atoms with Crippen LogP contribution in [0.5, 0.6) is 0 Å². The Hall–Kier alpha value is -2.54. The van der Waals surface area contributed by atoms with Crippen LogP contribution < -0.4 is 10.2 Å². The minimum atomic E-state index is -0.0549. The predicted octanol–water partition coefficient (Wildman–Crippen LogP) is 2.94. The van der Waals surface area contributed by atoms with Crippen molar-refractivity contribution in [1.82, 2.24) is 15.0 Å². The third-order valence-electron chi connectivity index (χ3n) is 4.13. The van der Waals surface area contributed by atoms with E-state index in [0.717, 1.165) is 34.9 Å². The number of thiazole rings is 1. The van der Waals surface area contributed by atoms with Gasteiger partial charge in [0.25, 0.3) is 0 Å². The molecule has 0 spiro atoms. The maximum atomic E-state index is 12.5. The molecule has 4 rings (SSSR count). The van der Waals surface area contributed by atoms with Gasteiger partial charge in [-0.2, -0.15) is 0 Å². The zero-order chi connectivity index (χ0) is 16.4. The van der Waals surface area contributed by atoms with Crippen LogP contribution in [0.15, 0.2) is 42.7 Å². The summed E-state index contributed by atoms with van der Waals surface area (Å²) >= 11 is 1.58. The molecule has 1 aliphatic heterocycles. The van der Waals surface area contributed by atoms with E-state index in [1.807, 2.05) is 24.3 Å². The Morgan fingerprint density at radius 2 is 2.12 bits per heavy atom. The van der Waals surface area contributed by atoms with E-state index in [9.17, 15) is 4.79 Å². The lowest BCUT2D eigenvalue weighted by molar-refractivity contribution is -0.120. The van der Waals surface area contributed by atoms with Gasteiger partial charge in [0.15, 0.2) is 5.13 Å². The van der Waals surface area contributed by atoms with Gasteiger partial charge in [-0.05, 0) is 37.1 Å². The molecular weight excluding hydrogens is 322 g/mol. The van der Waals surface area contributed by atoms with Gasteiger partial charge in [0.2, 0.25) is 5.91 Å². The van der Waals surface area contributed by atoms with Crippen molar-refractivity contribution in [1.29, 1.82) is 0 Å². The third-order valence-corrected chi connectivity index (χ3v) is 5.17. The first-order valence-electron chi connectivity index (χ1n) is 7.98. The maximum absolute atomic E-state index is 12.5. The molecule has 3 aromatic rings. The van der Waals surface area contributed by atoms with Gasteiger partial charge in [-0.25, -0.2) is 15.0 Å². The molecule has 0 saturated carbocycles. The fourth-order valence-electron chi connectivity index (χ4n) is 2.92. The van der Waals surface area contributed by atoms with E-state index < -0.39 is 0 Å². The number of rotatable bonds is 3. The Bertz CT molecular complexity index is 817. The molecule has 0 aromatic carbocycles. The van der Waals surface area contributed by atoms with Crippen LogP contribution >= 0.6 is 11.3 Å². The fraction of sp³-hybridized carbons (Fsp3) is 0.294. The topological polar surface area (TPSA) is 71.0 Å². The van der Waals surface area contributed by atoms with Crippen molar-refractivity contribution in [2.45, 2.75) is 12.8 Å². The Balaban J connectivity index is 1.48. The molecule has 4 heterocycles. The minimum absolute atomic E-state index is 0.0256. The number of aromatic nitrogens is 3. The van der Waals surface area contributed by atoms with Crippen LogP contribution in [-0.2, 0) is 4.79 Å². The highest BCUT2D eigenvalue weighted by Crippen LogP contribution is 2.30. The van der Waals surface area contributed by atoms with Crippen molar-refractivity contribution in [3.63, 3.8) is 0 Å². The molecule has 1 atom stereocenters. The second-order valence-corrected chi connectivity index (χ2v) is 6.77. The summed E-state index contributed by atoms with van der Waals surface area (Å²) in [5.41, 5.74) is 0.914. The molecule has 1 unspecified atom stereocenters. The minimum Gasteiger partial charge on any atom is -0.347 e. The van der Waals surface area contributed by atoms with Crippen molar-refractivity contribution in [2.24, 2.45) is 5.92 Å². The van der Waals surface area contributed by atoms with Crippen LogP contribution in [-0.4, -0.2) is 33.9 Å². The number of hydrogen-bond acceptors (Lipinski definition) is 6.